The van der Waals surface area contributed by atoms with Crippen molar-refractivity contribution in [3.8, 4) is 39.6 Å². The maximum absolute atomic E-state index is 10.7. The van der Waals surface area contributed by atoms with Gasteiger partial charge in [-0.1, -0.05) is 12.1 Å². The number of anilines is 1. The maximum Gasteiger partial charge on any atom is 0.245 e. The summed E-state index contributed by atoms with van der Waals surface area (Å²) in [6, 6.07) is 11.5. The summed E-state index contributed by atoms with van der Waals surface area (Å²) in [6.45, 7) is 9.15. The van der Waals surface area contributed by atoms with Crippen LogP contribution in [0.4, 0.5) is 5.95 Å². The standard InChI is InChI=1S/C26H31N5O3.2ClH/c1-25(2)12-18(13-26(3,4)30-25)31(5)24-27-14-20(28-29-24)19-8-6-16(10-21(19)32)17-7-9-22-23(11-17)34-15-33-22;;/h6-11,14,18,30,32H,12-13,15H2,1-5H3;2*1H. The van der Waals surface area contributed by atoms with E-state index in [0.717, 1.165) is 29.7 Å². The molecule has 5 rings (SSSR count). The molecule has 1 fully saturated rings. The van der Waals surface area contributed by atoms with Gasteiger partial charge in [0.2, 0.25) is 12.7 Å². The van der Waals surface area contributed by atoms with Crippen LogP contribution >= 0.6 is 24.8 Å². The summed E-state index contributed by atoms with van der Waals surface area (Å²) in [5.74, 6) is 2.14. The Hall–Kier alpha value is -2.81. The molecule has 0 bridgehead atoms. The van der Waals surface area contributed by atoms with Crippen LogP contribution in [0.25, 0.3) is 22.4 Å². The van der Waals surface area contributed by atoms with Crippen molar-refractivity contribution < 1.29 is 14.6 Å². The largest absolute Gasteiger partial charge is 0.507 e. The highest BCUT2D eigenvalue weighted by Gasteiger charge is 2.39. The molecule has 2 N–H and O–H groups in total. The van der Waals surface area contributed by atoms with Crippen LogP contribution in [0.1, 0.15) is 40.5 Å². The Balaban J connectivity index is 0.00000180. The lowest BCUT2D eigenvalue weighted by molar-refractivity contribution is 0.160. The van der Waals surface area contributed by atoms with Crippen LogP contribution in [0.5, 0.6) is 17.2 Å². The molecule has 2 aromatic carbocycles. The lowest BCUT2D eigenvalue weighted by atomic mass is 9.79. The zero-order valence-electron chi connectivity index (χ0n) is 21.1. The number of fused-ring (bicyclic) bond motifs is 1. The van der Waals surface area contributed by atoms with E-state index in [9.17, 15) is 5.11 Å². The lowest BCUT2D eigenvalue weighted by Crippen LogP contribution is -2.62. The SMILES string of the molecule is CN(c1ncc(-c2ccc(-c3ccc4c(c3)OCO4)cc2O)nn1)C1CC(C)(C)NC(C)(C)C1.Cl.Cl. The topological polar surface area (TPSA) is 92.6 Å². The van der Waals surface area contributed by atoms with Gasteiger partial charge in [-0.15, -0.1) is 35.0 Å². The van der Waals surface area contributed by atoms with Crippen LogP contribution in [0, 0.1) is 0 Å². The van der Waals surface area contributed by atoms with Crippen LogP contribution < -0.4 is 19.7 Å². The number of aromatic hydroxyl groups is 1. The molecule has 0 saturated carbocycles. The van der Waals surface area contributed by atoms with Crippen molar-refractivity contribution in [2.75, 3.05) is 18.7 Å². The van der Waals surface area contributed by atoms with Gasteiger partial charge in [0.15, 0.2) is 11.5 Å². The first-order chi connectivity index (χ1) is 16.1. The average molecular weight is 534 g/mol. The minimum atomic E-state index is 0. The lowest BCUT2D eigenvalue weighted by Gasteiger charge is -2.48. The Labute approximate surface area is 224 Å². The number of nitrogens with one attached hydrogen (secondary N) is 1. The zero-order chi connectivity index (χ0) is 24.1. The first-order valence-corrected chi connectivity index (χ1v) is 11.6. The molecule has 10 heteroatoms. The molecule has 0 atom stereocenters. The van der Waals surface area contributed by atoms with Crippen LogP contribution in [-0.2, 0) is 0 Å². The minimum Gasteiger partial charge on any atom is -0.507 e. The Bertz CT molecular complexity index is 1200. The molecule has 2 aliphatic rings. The zero-order valence-corrected chi connectivity index (χ0v) is 22.7. The van der Waals surface area contributed by atoms with Crippen LogP contribution in [0.3, 0.4) is 0 Å². The van der Waals surface area contributed by atoms with Gasteiger partial charge in [-0.25, -0.2) is 4.98 Å². The van der Waals surface area contributed by atoms with Gasteiger partial charge in [0.05, 0.1) is 6.20 Å². The fourth-order valence-electron chi connectivity index (χ4n) is 5.26. The third-order valence-corrected chi connectivity index (χ3v) is 6.56. The molecule has 3 aromatic rings. The smallest absolute Gasteiger partial charge is 0.245 e. The van der Waals surface area contributed by atoms with E-state index in [2.05, 4.69) is 53.1 Å². The van der Waals surface area contributed by atoms with E-state index in [1.54, 1.807) is 12.3 Å². The molecule has 0 amide bonds. The van der Waals surface area contributed by atoms with Gasteiger partial charge in [-0.3, -0.25) is 0 Å². The summed E-state index contributed by atoms with van der Waals surface area (Å²) in [4.78, 5) is 6.69. The maximum atomic E-state index is 10.7. The summed E-state index contributed by atoms with van der Waals surface area (Å²) < 4.78 is 10.8. The number of benzene rings is 2. The van der Waals surface area contributed by atoms with Gasteiger partial charge in [0.25, 0.3) is 0 Å². The van der Waals surface area contributed by atoms with Gasteiger partial charge in [-0.05, 0) is 75.9 Å². The van der Waals surface area contributed by atoms with Crippen LogP contribution in [0.2, 0.25) is 0 Å². The van der Waals surface area contributed by atoms with Gasteiger partial charge < -0.3 is 24.8 Å². The van der Waals surface area contributed by atoms with E-state index in [1.807, 2.05) is 37.4 Å². The molecule has 1 aromatic heterocycles. The van der Waals surface area contributed by atoms with Crippen molar-refractivity contribution >= 4 is 30.8 Å². The third kappa shape index (κ3) is 5.61. The number of piperidine rings is 1. The molecule has 2 aliphatic heterocycles. The van der Waals surface area contributed by atoms with Crippen molar-refractivity contribution in [1.82, 2.24) is 20.5 Å². The number of phenolic OH excluding ortho intramolecular Hbond substituents is 1. The minimum absolute atomic E-state index is 0. The fourth-order valence-corrected chi connectivity index (χ4v) is 5.26. The average Bonchev–Trinajstić information content (AvgIpc) is 3.24. The molecule has 1 saturated heterocycles. The number of aromatic nitrogens is 3. The quantitative estimate of drug-likeness (QED) is 0.470. The third-order valence-electron chi connectivity index (χ3n) is 6.56. The molecular weight excluding hydrogens is 501 g/mol. The van der Waals surface area contributed by atoms with Crippen molar-refractivity contribution in [1.29, 1.82) is 0 Å². The molecule has 194 valence electrons. The second kappa shape index (κ2) is 10.3. The summed E-state index contributed by atoms with van der Waals surface area (Å²) in [6.07, 6.45) is 3.64. The summed E-state index contributed by atoms with van der Waals surface area (Å²) in [7, 11) is 2.02. The first kappa shape index (κ1) is 27.8. The van der Waals surface area contributed by atoms with E-state index in [0.29, 0.717) is 29.0 Å². The number of hydrogen-bond donors (Lipinski definition) is 2. The van der Waals surface area contributed by atoms with Gasteiger partial charge >= 0.3 is 0 Å². The van der Waals surface area contributed by atoms with Crippen molar-refractivity contribution in [2.24, 2.45) is 0 Å². The summed E-state index contributed by atoms with van der Waals surface area (Å²) in [5, 5.41) is 23.2. The molecule has 36 heavy (non-hydrogen) atoms. The molecule has 0 spiro atoms. The Morgan fingerprint density at radius 1 is 0.917 bits per heavy atom. The Morgan fingerprint density at radius 2 is 1.56 bits per heavy atom. The highest BCUT2D eigenvalue weighted by Crippen LogP contribution is 2.38. The first-order valence-electron chi connectivity index (χ1n) is 11.6. The van der Waals surface area contributed by atoms with Crippen molar-refractivity contribution in [2.45, 2.75) is 57.7 Å². The summed E-state index contributed by atoms with van der Waals surface area (Å²) >= 11 is 0. The molecule has 8 nitrogen and oxygen atoms in total. The normalized spacial score (nSPS) is 17.6. The highest BCUT2D eigenvalue weighted by atomic mass is 35.5. The number of nitrogens with zero attached hydrogens (tertiary/aromatic N) is 4. The number of halogens is 2. The van der Waals surface area contributed by atoms with Gasteiger partial charge in [0, 0.05) is 29.7 Å². The second-order valence-corrected chi connectivity index (χ2v) is 10.5. The van der Waals surface area contributed by atoms with Crippen LogP contribution in [0.15, 0.2) is 42.6 Å². The highest BCUT2D eigenvalue weighted by molar-refractivity contribution is 5.85. The second-order valence-electron chi connectivity index (χ2n) is 10.5. The predicted octanol–water partition coefficient (Wildman–Crippen LogP) is 5.23. The Kier molecular flexibility index (Phi) is 7.93. The van der Waals surface area contributed by atoms with E-state index in [4.69, 9.17) is 9.47 Å². The number of phenols is 1. The number of rotatable bonds is 4. The van der Waals surface area contributed by atoms with Gasteiger partial charge in [0.1, 0.15) is 11.4 Å². The molecule has 3 heterocycles. The molecular formula is C26H33Cl2N5O3. The van der Waals surface area contributed by atoms with Crippen LogP contribution in [-0.4, -0.2) is 51.2 Å². The van der Waals surface area contributed by atoms with E-state index in [1.165, 1.54) is 0 Å². The molecule has 0 aliphatic carbocycles. The predicted molar refractivity (Wildman–Crippen MR) is 146 cm³/mol. The van der Waals surface area contributed by atoms with E-state index >= 15 is 0 Å². The number of hydrogen-bond acceptors (Lipinski definition) is 8. The van der Waals surface area contributed by atoms with Gasteiger partial charge in [-0.2, -0.15) is 0 Å². The van der Waals surface area contributed by atoms with E-state index in [-0.39, 0.29) is 48.4 Å². The molecule has 0 radical (unpaired) electrons. The summed E-state index contributed by atoms with van der Waals surface area (Å²) in [5.41, 5.74) is 2.97. The Morgan fingerprint density at radius 3 is 2.19 bits per heavy atom. The number of ether oxygens (including phenoxy) is 2. The molecule has 0 unspecified atom stereocenters. The van der Waals surface area contributed by atoms with Crippen molar-refractivity contribution in [3.05, 3.63) is 42.6 Å². The fraction of sp³-hybridized carbons (Fsp3) is 0.423. The van der Waals surface area contributed by atoms with E-state index < -0.39 is 0 Å². The monoisotopic (exact) mass is 533 g/mol. The van der Waals surface area contributed by atoms with Crippen molar-refractivity contribution in [3.63, 3.8) is 0 Å².